The highest BCUT2D eigenvalue weighted by Crippen LogP contribution is 2.37. The minimum absolute atomic E-state index is 0.0929. The molecule has 8 rings (SSSR count). The first kappa shape index (κ1) is 59.5. The van der Waals surface area contributed by atoms with Gasteiger partial charge in [0.05, 0.1) is 54.0 Å². The minimum Gasteiger partial charge on any atom is -0.444 e. The SMILES string of the molecule is CC(=O)[C@@H]1CC[C@H](c2cc(NC(=O)OC(C)(C)C)n3ncc(-c4cnn(C)c4)c3n2)CN1C(=O)OC(C)(C)C.CO/N=C(\C)[C@@H]1CC[C@H](c2cc(NC(=O)OC(C)(C)C)n3ncc(-c4cnn(C)c4)c3n2)CN1C(=O)OC(C)(C)C. The van der Waals surface area contributed by atoms with E-state index in [1.807, 2.05) is 54.2 Å². The molecule has 80 heavy (non-hydrogen) atoms. The second-order valence-electron chi connectivity index (χ2n) is 24.2. The number of fused-ring (bicyclic) bond motifs is 2. The molecule has 25 heteroatoms. The molecule has 8 heterocycles. The number of anilines is 2. The van der Waals surface area contributed by atoms with Crippen LogP contribution < -0.4 is 10.6 Å². The first-order valence-electron chi connectivity index (χ1n) is 26.6. The van der Waals surface area contributed by atoms with Crippen molar-refractivity contribution in [2.45, 2.75) is 169 Å². The third kappa shape index (κ3) is 15.0. The van der Waals surface area contributed by atoms with E-state index in [1.165, 1.54) is 18.9 Å². The molecule has 6 aromatic heterocycles. The Morgan fingerprint density at radius 1 is 0.550 bits per heavy atom. The normalized spacial score (nSPS) is 18.3. The number of rotatable bonds is 9. The van der Waals surface area contributed by atoms with Crippen molar-refractivity contribution in [3.63, 3.8) is 0 Å². The Morgan fingerprint density at radius 3 is 1.29 bits per heavy atom. The summed E-state index contributed by atoms with van der Waals surface area (Å²) in [5.41, 5.74) is 3.49. The average Bonchev–Trinajstić information content (AvgIpc) is 4.16. The quantitative estimate of drug-likeness (QED) is 0.0775. The average molecular weight is 1110 g/mol. The molecule has 0 unspecified atom stereocenters. The number of piperidine rings is 2. The Morgan fingerprint density at radius 2 is 0.938 bits per heavy atom. The smallest absolute Gasteiger partial charge is 0.413 e. The molecule has 0 radical (unpaired) electrons. The molecule has 0 spiro atoms. The number of ketones is 1. The number of aryl methyl sites for hydroxylation is 2. The number of carbonyl (C=O) groups excluding carboxylic acids is 5. The Balaban J connectivity index is 0.000000231. The molecule has 4 amide bonds. The van der Waals surface area contributed by atoms with Gasteiger partial charge < -0.3 is 23.8 Å². The van der Waals surface area contributed by atoms with Crippen LogP contribution in [0.4, 0.5) is 30.8 Å². The lowest BCUT2D eigenvalue weighted by molar-refractivity contribution is -0.123. The van der Waals surface area contributed by atoms with E-state index < -0.39 is 52.8 Å². The number of carbonyl (C=O) groups is 5. The molecular formula is C55H77N15O10. The van der Waals surface area contributed by atoms with E-state index in [0.717, 1.165) is 22.3 Å². The number of aromatic nitrogens is 10. The lowest BCUT2D eigenvalue weighted by Gasteiger charge is -2.39. The van der Waals surface area contributed by atoms with Crippen LogP contribution in [0.15, 0.2) is 54.5 Å². The Labute approximate surface area is 465 Å². The van der Waals surface area contributed by atoms with Crippen molar-refractivity contribution in [1.29, 1.82) is 0 Å². The van der Waals surface area contributed by atoms with Gasteiger partial charge in [0.15, 0.2) is 17.1 Å². The van der Waals surface area contributed by atoms with Crippen LogP contribution in [0, 0.1) is 0 Å². The molecule has 2 saturated heterocycles. The van der Waals surface area contributed by atoms with E-state index in [2.05, 4.69) is 36.2 Å². The van der Waals surface area contributed by atoms with Gasteiger partial charge in [0.25, 0.3) is 0 Å². The fourth-order valence-electron chi connectivity index (χ4n) is 9.44. The second-order valence-corrected chi connectivity index (χ2v) is 24.2. The minimum atomic E-state index is -0.705. The fraction of sp³-hybridized carbons (Fsp3) is 0.564. The number of likely N-dealkylation sites (tertiary alicyclic amines) is 2. The van der Waals surface area contributed by atoms with E-state index in [0.29, 0.717) is 72.3 Å². The molecule has 2 fully saturated rings. The number of hydrogen-bond acceptors (Lipinski definition) is 17. The molecule has 25 nitrogen and oxygen atoms in total. The molecule has 0 aromatic carbocycles. The number of hydrogen-bond donors (Lipinski definition) is 2. The third-order valence-electron chi connectivity index (χ3n) is 12.7. The van der Waals surface area contributed by atoms with Gasteiger partial charge in [-0.25, -0.2) is 29.1 Å². The van der Waals surface area contributed by atoms with Crippen LogP contribution in [-0.4, -0.2) is 149 Å². The maximum atomic E-state index is 13.4. The molecule has 2 aliphatic heterocycles. The number of Topliss-reactive ketones (excluding diaryl/α,β-unsaturated/α-hetero) is 1. The van der Waals surface area contributed by atoms with Crippen molar-refractivity contribution in [3.8, 4) is 22.3 Å². The zero-order valence-electron chi connectivity index (χ0n) is 49.1. The summed E-state index contributed by atoms with van der Waals surface area (Å²) in [7, 11) is 5.14. The molecule has 0 bridgehead atoms. The lowest BCUT2D eigenvalue weighted by Crippen LogP contribution is -2.51. The number of amides is 4. The first-order chi connectivity index (χ1) is 37.3. The van der Waals surface area contributed by atoms with Crippen LogP contribution >= 0.6 is 0 Å². The molecule has 2 aliphatic rings. The Kier molecular flexibility index (Phi) is 17.3. The van der Waals surface area contributed by atoms with E-state index in [4.69, 9.17) is 33.8 Å². The predicted octanol–water partition coefficient (Wildman–Crippen LogP) is 9.53. The summed E-state index contributed by atoms with van der Waals surface area (Å²) in [5, 5.41) is 27.3. The maximum Gasteiger partial charge on any atom is 0.413 e. The van der Waals surface area contributed by atoms with E-state index in [1.54, 1.807) is 123 Å². The molecule has 0 saturated carbocycles. The highest BCUT2D eigenvalue weighted by atomic mass is 16.6. The van der Waals surface area contributed by atoms with Crippen LogP contribution in [0.2, 0.25) is 0 Å². The van der Waals surface area contributed by atoms with Gasteiger partial charge in [-0.05, 0) is 123 Å². The van der Waals surface area contributed by atoms with Crippen LogP contribution in [-0.2, 0) is 42.7 Å². The van der Waals surface area contributed by atoms with Gasteiger partial charge in [-0.1, -0.05) is 5.16 Å². The number of nitrogens with zero attached hydrogens (tertiary/aromatic N) is 13. The summed E-state index contributed by atoms with van der Waals surface area (Å²) in [6, 6.07) is 2.67. The summed E-state index contributed by atoms with van der Waals surface area (Å²) < 4.78 is 28.9. The van der Waals surface area contributed by atoms with Crippen LogP contribution in [0.3, 0.4) is 0 Å². The van der Waals surface area contributed by atoms with Gasteiger partial charge >= 0.3 is 24.4 Å². The highest BCUT2D eigenvalue weighted by molar-refractivity contribution is 5.91. The maximum absolute atomic E-state index is 13.4. The van der Waals surface area contributed by atoms with E-state index in [-0.39, 0.29) is 30.2 Å². The molecule has 6 aromatic rings. The van der Waals surface area contributed by atoms with Crippen molar-refractivity contribution in [1.82, 2.24) is 58.6 Å². The van der Waals surface area contributed by atoms with E-state index in [9.17, 15) is 24.0 Å². The third-order valence-corrected chi connectivity index (χ3v) is 12.7. The van der Waals surface area contributed by atoms with Crippen molar-refractivity contribution in [3.05, 3.63) is 60.7 Å². The Hall–Kier alpha value is -8.12. The van der Waals surface area contributed by atoms with Gasteiger partial charge in [0.1, 0.15) is 41.1 Å². The van der Waals surface area contributed by atoms with Crippen molar-refractivity contribution in [2.24, 2.45) is 19.3 Å². The lowest BCUT2D eigenvalue weighted by atomic mass is 9.88. The predicted molar refractivity (Wildman–Crippen MR) is 298 cm³/mol. The summed E-state index contributed by atoms with van der Waals surface area (Å²) >= 11 is 0. The summed E-state index contributed by atoms with van der Waals surface area (Å²) in [4.78, 5) is 82.5. The van der Waals surface area contributed by atoms with Gasteiger partial charge in [-0.3, -0.25) is 34.6 Å². The number of oxime groups is 1. The summed E-state index contributed by atoms with van der Waals surface area (Å²) in [6.45, 7) is 25.5. The molecule has 0 aliphatic carbocycles. The van der Waals surface area contributed by atoms with Crippen molar-refractivity contribution in [2.75, 3.05) is 30.8 Å². The van der Waals surface area contributed by atoms with E-state index >= 15 is 0 Å². The van der Waals surface area contributed by atoms with Crippen LogP contribution in [0.1, 0.15) is 146 Å². The van der Waals surface area contributed by atoms with Gasteiger partial charge in [0, 0.05) is 85.8 Å². The molecular weight excluding hydrogens is 1030 g/mol. The second kappa shape index (κ2) is 23.3. The van der Waals surface area contributed by atoms with Crippen LogP contribution in [0.5, 0.6) is 0 Å². The van der Waals surface area contributed by atoms with Crippen molar-refractivity contribution >= 4 is 58.8 Å². The van der Waals surface area contributed by atoms with Gasteiger partial charge in [-0.15, -0.1) is 0 Å². The van der Waals surface area contributed by atoms with Crippen molar-refractivity contribution < 1.29 is 47.8 Å². The fourth-order valence-corrected chi connectivity index (χ4v) is 9.44. The van der Waals surface area contributed by atoms with Gasteiger partial charge in [-0.2, -0.15) is 29.4 Å². The molecule has 4 atom stereocenters. The largest absolute Gasteiger partial charge is 0.444 e. The van der Waals surface area contributed by atoms with Gasteiger partial charge in [0.2, 0.25) is 0 Å². The molecule has 2 N–H and O–H groups in total. The Bertz CT molecular complexity index is 3270. The standard InChI is InChI=1S/C28H40N8O5.C27H37N7O5/c1-17(33-39-9)22-11-10-18(16-35(22)26(38)41-28(5,6)7)21-12-23(32-25(37)40-27(2,3)4)36-24(31-21)20(14-30-36)19-13-29-34(8)15-19;1-16(35)21-10-9-17(15-33(21)25(37)39-27(5,6)7)20-11-22(31-24(36)38-26(2,3)4)34-23(30-20)19(13-29-34)18-12-28-32(8)14-18/h12-15,18,22H,10-11,16H2,1-9H3,(H,32,37);11-14,17,21H,9-10,15H2,1-8H3,(H,31,36)/b33-17+;/t18-,22-;17-,21-/m00/s1. The number of nitrogens with one attached hydrogen (secondary N) is 2. The highest BCUT2D eigenvalue weighted by Gasteiger charge is 2.40. The summed E-state index contributed by atoms with van der Waals surface area (Å²) in [6.07, 6.45) is 10.8. The zero-order valence-corrected chi connectivity index (χ0v) is 49.1. The summed E-state index contributed by atoms with van der Waals surface area (Å²) in [5.74, 6) is 0.308. The first-order valence-corrected chi connectivity index (χ1v) is 26.6. The molecule has 432 valence electrons. The van der Waals surface area contributed by atoms with Crippen LogP contribution in [0.25, 0.3) is 33.5 Å². The number of ether oxygens (including phenoxy) is 4. The monoisotopic (exact) mass is 1110 g/mol. The topological polar surface area (TPSA) is 270 Å². The zero-order chi connectivity index (χ0) is 58.8.